The molecule has 1 aromatic heterocycles. The third-order valence-corrected chi connectivity index (χ3v) is 4.93. The van der Waals surface area contributed by atoms with Crippen LogP contribution in [0.25, 0.3) is 0 Å². The third kappa shape index (κ3) is 4.19. The molecule has 1 atom stereocenters. The number of ether oxygens (including phenoxy) is 1. The maximum atomic E-state index is 12.5. The molecule has 0 spiro atoms. The maximum Gasteiger partial charge on any atom is 0.193 e. The lowest BCUT2D eigenvalue weighted by Gasteiger charge is -2.15. The summed E-state index contributed by atoms with van der Waals surface area (Å²) in [5, 5.41) is 3.23. The molecule has 0 fully saturated rings. The first-order valence-corrected chi connectivity index (χ1v) is 8.85. The van der Waals surface area contributed by atoms with Crippen molar-refractivity contribution in [2.75, 3.05) is 13.7 Å². The summed E-state index contributed by atoms with van der Waals surface area (Å²) in [7, 11) is 1.62. The molecule has 1 heterocycles. The van der Waals surface area contributed by atoms with E-state index in [2.05, 4.69) is 26.2 Å². The van der Waals surface area contributed by atoms with Gasteiger partial charge in [0.15, 0.2) is 11.6 Å². The van der Waals surface area contributed by atoms with E-state index in [1.807, 2.05) is 32.0 Å². The van der Waals surface area contributed by atoms with Crippen LogP contribution < -0.4 is 10.1 Å². The molecule has 0 bridgehead atoms. The Bertz CT molecular complexity index is 811. The summed E-state index contributed by atoms with van der Waals surface area (Å²) in [6, 6.07) is 5.81. The molecule has 0 aliphatic rings. The van der Waals surface area contributed by atoms with Crippen molar-refractivity contribution in [1.82, 2.24) is 10.3 Å². The van der Waals surface area contributed by atoms with Gasteiger partial charge in [-0.3, -0.25) is 9.59 Å². The second-order valence-electron chi connectivity index (χ2n) is 6.10. The van der Waals surface area contributed by atoms with Crippen LogP contribution in [-0.4, -0.2) is 30.2 Å². The van der Waals surface area contributed by atoms with Crippen molar-refractivity contribution in [2.45, 2.75) is 33.7 Å². The van der Waals surface area contributed by atoms with Crippen LogP contribution >= 0.6 is 15.9 Å². The van der Waals surface area contributed by atoms with Crippen molar-refractivity contribution in [3.8, 4) is 5.75 Å². The van der Waals surface area contributed by atoms with Crippen LogP contribution in [0.2, 0.25) is 0 Å². The van der Waals surface area contributed by atoms with Gasteiger partial charge in [-0.05, 0) is 66.9 Å². The number of hydrogen-bond acceptors (Lipinski definition) is 4. The van der Waals surface area contributed by atoms with Gasteiger partial charge >= 0.3 is 0 Å². The zero-order valence-corrected chi connectivity index (χ0v) is 16.7. The number of methoxy groups -OCH3 is 1. The number of benzene rings is 1. The minimum absolute atomic E-state index is 0.00482. The number of ketones is 2. The van der Waals surface area contributed by atoms with Gasteiger partial charge < -0.3 is 15.0 Å². The highest BCUT2D eigenvalue weighted by Crippen LogP contribution is 2.28. The smallest absolute Gasteiger partial charge is 0.193 e. The number of nitrogens with one attached hydrogen (secondary N) is 2. The highest BCUT2D eigenvalue weighted by molar-refractivity contribution is 9.10. The van der Waals surface area contributed by atoms with Crippen LogP contribution in [0.15, 0.2) is 22.7 Å². The SMILES string of the molecule is COc1ccc([C@H](C)NCC(=O)c2[nH]c(C)c(C(C)=O)c2C)cc1Br. The summed E-state index contributed by atoms with van der Waals surface area (Å²) in [4.78, 5) is 27.3. The number of H-pyrrole nitrogens is 1. The summed E-state index contributed by atoms with van der Waals surface area (Å²) in [6.07, 6.45) is 0. The topological polar surface area (TPSA) is 71.2 Å². The molecule has 5 nitrogen and oxygen atoms in total. The van der Waals surface area contributed by atoms with Crippen LogP contribution in [0.4, 0.5) is 0 Å². The van der Waals surface area contributed by atoms with Crippen molar-refractivity contribution >= 4 is 27.5 Å². The zero-order valence-electron chi connectivity index (χ0n) is 15.1. The predicted octanol–water partition coefficient (Wildman–Crippen LogP) is 4.14. The number of aromatic amines is 1. The van der Waals surface area contributed by atoms with Crippen LogP contribution in [0.1, 0.15) is 57.6 Å². The van der Waals surface area contributed by atoms with E-state index < -0.39 is 0 Å². The Hall–Kier alpha value is -1.92. The Labute approximate surface area is 156 Å². The summed E-state index contributed by atoms with van der Waals surface area (Å²) in [6.45, 7) is 7.31. The minimum Gasteiger partial charge on any atom is -0.496 e. The number of carbonyl (C=O) groups excluding carboxylic acids is 2. The molecule has 0 saturated carbocycles. The quantitative estimate of drug-likeness (QED) is 0.677. The fourth-order valence-corrected chi connectivity index (χ4v) is 3.52. The molecule has 0 amide bonds. The summed E-state index contributed by atoms with van der Waals surface area (Å²) < 4.78 is 6.10. The zero-order chi connectivity index (χ0) is 18.7. The first-order chi connectivity index (χ1) is 11.8. The van der Waals surface area contributed by atoms with E-state index in [4.69, 9.17) is 4.74 Å². The van der Waals surface area contributed by atoms with E-state index in [1.54, 1.807) is 14.0 Å². The van der Waals surface area contributed by atoms with Crippen molar-refractivity contribution < 1.29 is 14.3 Å². The molecule has 134 valence electrons. The lowest BCUT2D eigenvalue weighted by Crippen LogP contribution is -2.26. The van der Waals surface area contributed by atoms with Gasteiger partial charge in [-0.1, -0.05) is 6.07 Å². The average molecular weight is 407 g/mol. The number of carbonyl (C=O) groups is 2. The maximum absolute atomic E-state index is 12.5. The molecule has 2 N–H and O–H groups in total. The minimum atomic E-state index is -0.0625. The Kier molecular flexibility index (Phi) is 6.19. The van der Waals surface area contributed by atoms with Crippen LogP contribution in [0.3, 0.4) is 0 Å². The molecule has 0 aliphatic carbocycles. The molecule has 0 radical (unpaired) electrons. The van der Waals surface area contributed by atoms with E-state index in [0.717, 1.165) is 27.0 Å². The number of hydrogen-bond donors (Lipinski definition) is 2. The number of halogens is 1. The van der Waals surface area contributed by atoms with Crippen LogP contribution in [0.5, 0.6) is 5.75 Å². The Morgan fingerprint density at radius 1 is 1.32 bits per heavy atom. The monoisotopic (exact) mass is 406 g/mol. The van der Waals surface area contributed by atoms with E-state index >= 15 is 0 Å². The molecule has 6 heteroatoms. The van der Waals surface area contributed by atoms with E-state index in [-0.39, 0.29) is 24.2 Å². The predicted molar refractivity (Wildman–Crippen MR) is 102 cm³/mol. The molecular formula is C19H23BrN2O3. The number of rotatable bonds is 7. The van der Waals surface area contributed by atoms with Gasteiger partial charge in [-0.25, -0.2) is 0 Å². The van der Waals surface area contributed by atoms with Gasteiger partial charge in [-0.2, -0.15) is 0 Å². The largest absolute Gasteiger partial charge is 0.496 e. The Morgan fingerprint density at radius 3 is 2.52 bits per heavy atom. The Morgan fingerprint density at radius 2 is 2.00 bits per heavy atom. The van der Waals surface area contributed by atoms with Crippen molar-refractivity contribution in [2.24, 2.45) is 0 Å². The highest BCUT2D eigenvalue weighted by atomic mass is 79.9. The van der Waals surface area contributed by atoms with Gasteiger partial charge in [0, 0.05) is 17.3 Å². The lowest BCUT2D eigenvalue weighted by atomic mass is 10.0. The highest BCUT2D eigenvalue weighted by Gasteiger charge is 2.20. The van der Waals surface area contributed by atoms with Gasteiger partial charge in [0.2, 0.25) is 0 Å². The van der Waals surface area contributed by atoms with Crippen LogP contribution in [-0.2, 0) is 0 Å². The van der Waals surface area contributed by atoms with Gasteiger partial charge in [0.05, 0.1) is 23.8 Å². The lowest BCUT2D eigenvalue weighted by molar-refractivity contribution is 0.0982. The third-order valence-electron chi connectivity index (χ3n) is 4.31. The number of aryl methyl sites for hydroxylation is 1. The molecule has 1 aromatic carbocycles. The molecule has 2 aromatic rings. The van der Waals surface area contributed by atoms with Gasteiger partial charge in [0.1, 0.15) is 5.75 Å². The van der Waals surface area contributed by atoms with E-state index in [0.29, 0.717) is 11.3 Å². The van der Waals surface area contributed by atoms with Crippen molar-refractivity contribution in [3.63, 3.8) is 0 Å². The first-order valence-electron chi connectivity index (χ1n) is 8.06. The molecule has 0 unspecified atom stereocenters. The summed E-state index contributed by atoms with van der Waals surface area (Å²) >= 11 is 3.47. The van der Waals surface area contributed by atoms with E-state index in [1.165, 1.54) is 6.92 Å². The Balaban J connectivity index is 2.08. The number of Topliss-reactive ketones (excluding diaryl/α,β-unsaturated/α-hetero) is 2. The van der Waals surface area contributed by atoms with Gasteiger partial charge in [0.25, 0.3) is 0 Å². The second kappa shape index (κ2) is 7.97. The van der Waals surface area contributed by atoms with Gasteiger partial charge in [-0.15, -0.1) is 0 Å². The summed E-state index contributed by atoms with van der Waals surface area (Å²) in [5.41, 5.74) is 3.61. The van der Waals surface area contributed by atoms with Crippen molar-refractivity contribution in [3.05, 3.63) is 50.8 Å². The fraction of sp³-hybridized carbons (Fsp3) is 0.368. The first kappa shape index (κ1) is 19.4. The molecular weight excluding hydrogens is 384 g/mol. The second-order valence-corrected chi connectivity index (χ2v) is 6.96. The molecule has 2 rings (SSSR count). The molecule has 25 heavy (non-hydrogen) atoms. The molecule has 0 aliphatic heterocycles. The average Bonchev–Trinajstić information content (AvgIpc) is 2.86. The van der Waals surface area contributed by atoms with Crippen LogP contribution in [0, 0.1) is 13.8 Å². The van der Waals surface area contributed by atoms with E-state index in [9.17, 15) is 9.59 Å². The normalized spacial score (nSPS) is 12.1. The number of aromatic nitrogens is 1. The fourth-order valence-electron chi connectivity index (χ4n) is 2.96. The summed E-state index contributed by atoms with van der Waals surface area (Å²) in [5.74, 6) is 0.670. The van der Waals surface area contributed by atoms with Crippen molar-refractivity contribution in [1.29, 1.82) is 0 Å². The standard InChI is InChI=1S/C19H23BrN2O3/c1-10-18(13(4)23)12(3)22-19(10)16(24)9-21-11(2)14-6-7-17(25-5)15(20)8-14/h6-8,11,21-22H,9H2,1-5H3/t11-/m0/s1. The molecule has 0 saturated heterocycles.